The second-order valence-electron chi connectivity index (χ2n) is 13.8. The van der Waals surface area contributed by atoms with E-state index in [-0.39, 0.29) is 59.2 Å². The topological polar surface area (TPSA) is 194 Å². The van der Waals surface area contributed by atoms with Crippen LogP contribution in [0.3, 0.4) is 0 Å². The normalized spacial score (nSPS) is 12.6. The van der Waals surface area contributed by atoms with E-state index in [1.165, 1.54) is 36.3 Å². The average molecular weight is 888 g/mol. The number of hydrogen-bond donors (Lipinski definition) is 4. The second kappa shape index (κ2) is 21.1. The van der Waals surface area contributed by atoms with Crippen LogP contribution in [0.25, 0.3) is 11.3 Å². The van der Waals surface area contributed by atoms with Crippen molar-refractivity contribution in [3.8, 4) is 17.0 Å². The first-order valence-electron chi connectivity index (χ1n) is 17.6. The van der Waals surface area contributed by atoms with Gasteiger partial charge in [-0.05, 0) is 94.1 Å². The molecule has 2 amide bonds. The lowest BCUT2D eigenvalue weighted by atomic mass is 10.00. The van der Waals surface area contributed by atoms with Crippen molar-refractivity contribution < 1.29 is 37.5 Å². The Morgan fingerprint density at radius 1 is 1.04 bits per heavy atom. The molecule has 0 saturated carbocycles. The number of benzene rings is 2. The number of sulfone groups is 1. The third-order valence-electron chi connectivity index (χ3n) is 8.05. The van der Waals surface area contributed by atoms with E-state index in [0.717, 1.165) is 32.1 Å². The molecule has 53 heavy (non-hydrogen) atoms. The van der Waals surface area contributed by atoms with Crippen molar-refractivity contribution >= 4 is 61.8 Å². The summed E-state index contributed by atoms with van der Waals surface area (Å²) in [5, 5.41) is 22.5. The fourth-order valence-corrected chi connectivity index (χ4v) is 8.19. The average Bonchev–Trinajstić information content (AvgIpc) is 3.10. The van der Waals surface area contributed by atoms with Gasteiger partial charge in [0.05, 0.1) is 46.3 Å². The number of unbranched alkanes of at least 4 members (excludes halogenated alkanes) is 3. The van der Waals surface area contributed by atoms with Gasteiger partial charge in [-0.25, -0.2) is 23.2 Å². The van der Waals surface area contributed by atoms with Crippen LogP contribution in [0.4, 0.5) is 16.3 Å². The molecule has 2 unspecified atom stereocenters. The van der Waals surface area contributed by atoms with E-state index < -0.39 is 32.2 Å². The van der Waals surface area contributed by atoms with E-state index in [1.807, 2.05) is 13.8 Å². The molecule has 2 aromatic carbocycles. The van der Waals surface area contributed by atoms with Gasteiger partial charge in [0, 0.05) is 24.8 Å². The SMILES string of the molecule is CC.CN(Cc1cccc(NC(=O)c2nc(-c3ccc(S(=O)(=O)C(C)(C)CC(CCCCCCO)OPI)cc3)cnc2N)c1O)C(=O)OC(C)(C)C. The fraction of sp³-hybridized carbons (Fsp3) is 0.514. The van der Waals surface area contributed by atoms with Crippen LogP contribution in [0.15, 0.2) is 53.6 Å². The number of nitrogen functional groups attached to an aromatic ring is 1. The lowest BCUT2D eigenvalue weighted by Crippen LogP contribution is -2.36. The quantitative estimate of drug-likeness (QED) is 0.0441. The maximum atomic E-state index is 13.8. The number of aliphatic hydroxyl groups is 1. The molecular weight excluding hydrogens is 832 g/mol. The Morgan fingerprint density at radius 2 is 1.68 bits per heavy atom. The summed E-state index contributed by atoms with van der Waals surface area (Å²) in [6.07, 6.45) is 5.18. The molecule has 0 fully saturated rings. The van der Waals surface area contributed by atoms with Gasteiger partial charge in [0.15, 0.2) is 21.3 Å². The molecule has 5 N–H and O–H groups in total. The second-order valence-corrected chi connectivity index (χ2v) is 18.1. The lowest BCUT2D eigenvalue weighted by Gasteiger charge is -2.29. The highest BCUT2D eigenvalue weighted by Gasteiger charge is 2.38. The van der Waals surface area contributed by atoms with Gasteiger partial charge in [-0.3, -0.25) is 4.79 Å². The molecule has 294 valence electrons. The molecule has 3 rings (SSSR count). The van der Waals surface area contributed by atoms with Crippen molar-refractivity contribution in [1.82, 2.24) is 14.9 Å². The number of para-hydroxylation sites is 1. The summed E-state index contributed by atoms with van der Waals surface area (Å²) >= 11 is 2.15. The molecule has 0 spiro atoms. The molecule has 1 heterocycles. The van der Waals surface area contributed by atoms with Crippen LogP contribution in [0, 0.1) is 0 Å². The van der Waals surface area contributed by atoms with Crippen molar-refractivity contribution in [2.45, 2.75) is 115 Å². The number of phenols is 1. The monoisotopic (exact) mass is 887 g/mol. The summed E-state index contributed by atoms with van der Waals surface area (Å²) in [6.45, 7) is 13.1. The summed E-state index contributed by atoms with van der Waals surface area (Å²) < 4.78 is 37.8. The molecule has 13 nitrogen and oxygen atoms in total. The van der Waals surface area contributed by atoms with Gasteiger partial charge in [0.1, 0.15) is 11.4 Å². The number of rotatable bonds is 17. The van der Waals surface area contributed by atoms with Crippen LogP contribution in [-0.2, 0) is 25.6 Å². The third kappa shape index (κ3) is 13.6. The maximum Gasteiger partial charge on any atom is 0.410 e. The highest BCUT2D eigenvalue weighted by Crippen LogP contribution is 2.36. The van der Waals surface area contributed by atoms with Crippen molar-refractivity contribution in [2.24, 2.45) is 0 Å². The van der Waals surface area contributed by atoms with Crippen LogP contribution in [-0.4, -0.2) is 75.6 Å². The Kier molecular flexibility index (Phi) is 18.3. The molecule has 1 aromatic heterocycles. The number of nitrogens with one attached hydrogen (secondary N) is 1. The summed E-state index contributed by atoms with van der Waals surface area (Å²) in [5.74, 6) is -1.11. The first-order chi connectivity index (χ1) is 24.9. The van der Waals surface area contributed by atoms with Gasteiger partial charge in [-0.1, -0.05) is 57.4 Å². The zero-order valence-electron chi connectivity index (χ0n) is 31.9. The number of halogens is 1. The largest absolute Gasteiger partial charge is 0.505 e. The molecule has 2 atom stereocenters. The van der Waals surface area contributed by atoms with Gasteiger partial charge in [-0.15, -0.1) is 0 Å². The Labute approximate surface area is 329 Å². The first kappa shape index (κ1) is 46.0. The number of phenolic OH excluding ortho intramolecular Hbond substituents is 1. The Bertz CT molecular complexity index is 1750. The van der Waals surface area contributed by atoms with Crippen molar-refractivity contribution in [3.05, 3.63) is 59.9 Å². The molecule has 3 aromatic rings. The highest BCUT2D eigenvalue weighted by molar-refractivity contribution is 14.2. The summed E-state index contributed by atoms with van der Waals surface area (Å²) in [6, 6.07) is 10.9. The van der Waals surface area contributed by atoms with E-state index in [0.29, 0.717) is 17.5 Å². The summed E-state index contributed by atoms with van der Waals surface area (Å²) in [5.41, 5.74) is 6.39. The zero-order valence-corrected chi connectivity index (χ0v) is 35.9. The summed E-state index contributed by atoms with van der Waals surface area (Å²) in [7, 11) is -2.23. The van der Waals surface area contributed by atoms with E-state index in [4.69, 9.17) is 20.1 Å². The minimum Gasteiger partial charge on any atom is -0.505 e. The van der Waals surface area contributed by atoms with Gasteiger partial charge in [-0.2, -0.15) is 0 Å². The molecule has 0 aliphatic carbocycles. The number of aromatic hydroxyl groups is 1. The van der Waals surface area contributed by atoms with E-state index in [1.54, 1.807) is 58.9 Å². The summed E-state index contributed by atoms with van der Waals surface area (Å²) in [4.78, 5) is 35.7. The van der Waals surface area contributed by atoms with Crippen molar-refractivity contribution in [2.75, 3.05) is 24.7 Å². The van der Waals surface area contributed by atoms with Crippen molar-refractivity contribution in [1.29, 1.82) is 0 Å². The van der Waals surface area contributed by atoms with E-state index in [9.17, 15) is 23.1 Å². The predicted molar refractivity (Wildman–Crippen MR) is 220 cm³/mol. The number of carbonyl (C=O) groups excluding carboxylic acids is 2. The minimum absolute atomic E-state index is 0.0179. The molecule has 0 saturated heterocycles. The van der Waals surface area contributed by atoms with Crippen LogP contribution < -0.4 is 11.1 Å². The number of ether oxygens (including phenoxy) is 1. The number of nitrogens with zero attached hydrogens (tertiary/aromatic N) is 3. The Hall–Kier alpha value is -3.11. The van der Waals surface area contributed by atoms with Gasteiger partial charge < -0.3 is 35.4 Å². The zero-order chi connectivity index (χ0) is 40.0. The maximum absolute atomic E-state index is 13.8. The third-order valence-corrected chi connectivity index (χ3v) is 11.7. The van der Waals surface area contributed by atoms with Crippen LogP contribution in [0.5, 0.6) is 5.75 Å². The van der Waals surface area contributed by atoms with Gasteiger partial charge in [0.2, 0.25) is 0 Å². The molecular formula is C37H55IN5O8PS. The van der Waals surface area contributed by atoms with E-state index in [2.05, 4.69) is 37.3 Å². The smallest absolute Gasteiger partial charge is 0.410 e. The molecule has 16 heteroatoms. The number of hydrogen-bond acceptors (Lipinski definition) is 11. The number of amides is 2. The van der Waals surface area contributed by atoms with E-state index >= 15 is 0 Å². The van der Waals surface area contributed by atoms with Crippen LogP contribution in [0.1, 0.15) is 103 Å². The lowest BCUT2D eigenvalue weighted by molar-refractivity contribution is 0.0284. The number of aliphatic hydroxyl groups excluding tert-OH is 1. The van der Waals surface area contributed by atoms with Gasteiger partial charge >= 0.3 is 6.09 Å². The van der Waals surface area contributed by atoms with Crippen molar-refractivity contribution in [3.63, 3.8) is 0 Å². The minimum atomic E-state index is -3.77. The number of nitrogens with two attached hydrogens (primary N) is 1. The number of anilines is 2. The number of aromatic nitrogens is 2. The Balaban J connectivity index is 0.00000477. The molecule has 0 radical (unpaired) electrons. The van der Waals surface area contributed by atoms with Crippen LogP contribution in [0.2, 0.25) is 0 Å². The Morgan fingerprint density at radius 3 is 2.28 bits per heavy atom. The molecule has 0 bridgehead atoms. The van der Waals surface area contributed by atoms with Crippen LogP contribution >= 0.6 is 28.5 Å². The molecule has 0 aliphatic heterocycles. The van der Waals surface area contributed by atoms with Gasteiger partial charge in [0.25, 0.3) is 5.91 Å². The predicted octanol–water partition coefficient (Wildman–Crippen LogP) is 8.29. The standard InChI is InChI=1S/C35H49IN5O8PS.C2H6/c1-34(2,3)48-33(45)41(6)22-24-12-11-14-27(30(24)43)40-32(44)29-31(37)38-21-28(39-29)23-15-17-26(18-16-23)51(46,47)35(4,5)20-25(49-50-36)13-9-7-8-10-19-42;1-2/h11-12,14-18,21,25,42-43,50H,7-10,13,19-20,22H2,1-6H3,(H2,37,38)(H,40,44);1-2H3. The highest BCUT2D eigenvalue weighted by atomic mass is 127. The fourth-order valence-electron chi connectivity index (χ4n) is 5.25. The first-order valence-corrected chi connectivity index (χ1v) is 23.1. The molecule has 0 aliphatic rings. The number of carbonyl (C=O) groups is 2.